The highest BCUT2D eigenvalue weighted by atomic mass is 16.5. The van der Waals surface area contributed by atoms with E-state index in [1.54, 1.807) is 13.8 Å². The maximum Gasteiger partial charge on any atom is 0.193 e. The van der Waals surface area contributed by atoms with Gasteiger partial charge in [-0.05, 0) is 19.0 Å². The average Bonchev–Trinajstić information content (AvgIpc) is 1.68. The average molecular weight is 103 g/mol. The Labute approximate surface area is 42.6 Å². The summed E-state index contributed by atoms with van der Waals surface area (Å²) in [5, 5.41) is 2.67. The molecule has 0 unspecified atom stereocenters. The molecule has 0 aliphatic rings. The van der Waals surface area contributed by atoms with Crippen LogP contribution in [0.15, 0.2) is 5.18 Å². The standard InChI is InChI=1S/C4H9NO2/c1-4(2,5-6)7-3/h1-3H3. The van der Waals surface area contributed by atoms with E-state index in [9.17, 15) is 4.91 Å². The van der Waals surface area contributed by atoms with Gasteiger partial charge in [-0.25, -0.2) is 0 Å². The molecule has 0 spiro atoms. The van der Waals surface area contributed by atoms with Crippen LogP contribution in [-0.2, 0) is 4.74 Å². The van der Waals surface area contributed by atoms with E-state index in [0.29, 0.717) is 0 Å². The maximum absolute atomic E-state index is 9.68. The molecule has 0 bridgehead atoms. The van der Waals surface area contributed by atoms with Crippen molar-refractivity contribution < 1.29 is 4.74 Å². The Hall–Kier alpha value is -0.440. The van der Waals surface area contributed by atoms with Gasteiger partial charge in [-0.2, -0.15) is 0 Å². The van der Waals surface area contributed by atoms with E-state index in [1.807, 2.05) is 0 Å². The van der Waals surface area contributed by atoms with Gasteiger partial charge >= 0.3 is 0 Å². The molecule has 42 valence electrons. The number of hydrogen-bond donors (Lipinski definition) is 0. The van der Waals surface area contributed by atoms with E-state index in [1.165, 1.54) is 7.11 Å². The van der Waals surface area contributed by atoms with Gasteiger partial charge in [-0.15, -0.1) is 4.91 Å². The molecular formula is C4H9NO2. The second-order valence-corrected chi connectivity index (χ2v) is 1.74. The molecule has 0 aliphatic carbocycles. The normalized spacial score (nSPS) is 11.3. The molecular weight excluding hydrogens is 94.0 g/mol. The topological polar surface area (TPSA) is 38.7 Å². The molecule has 0 saturated heterocycles. The number of rotatable bonds is 2. The molecule has 7 heavy (non-hydrogen) atoms. The summed E-state index contributed by atoms with van der Waals surface area (Å²) in [6.07, 6.45) is 0. The number of methoxy groups -OCH3 is 1. The van der Waals surface area contributed by atoms with Gasteiger partial charge in [0.1, 0.15) is 0 Å². The summed E-state index contributed by atoms with van der Waals surface area (Å²) >= 11 is 0. The number of hydrogen-bond acceptors (Lipinski definition) is 3. The lowest BCUT2D eigenvalue weighted by Gasteiger charge is -2.10. The van der Waals surface area contributed by atoms with Gasteiger partial charge < -0.3 is 4.74 Å². The Morgan fingerprint density at radius 2 is 2.00 bits per heavy atom. The van der Waals surface area contributed by atoms with Crippen molar-refractivity contribution in [3.63, 3.8) is 0 Å². The lowest BCUT2D eigenvalue weighted by atomic mass is 10.3. The Bertz CT molecular complexity index is 70.1. The summed E-state index contributed by atoms with van der Waals surface area (Å²) in [5.41, 5.74) is -0.847. The highest BCUT2D eigenvalue weighted by molar-refractivity contribution is 4.60. The molecule has 0 N–H and O–H groups in total. The molecule has 0 aliphatic heterocycles. The number of nitrogens with zero attached hydrogens (tertiary/aromatic N) is 1. The summed E-state index contributed by atoms with van der Waals surface area (Å²) in [7, 11) is 1.45. The van der Waals surface area contributed by atoms with Crippen molar-refractivity contribution in [2.24, 2.45) is 5.18 Å². The van der Waals surface area contributed by atoms with Crippen molar-refractivity contribution in [3.05, 3.63) is 4.91 Å². The minimum absolute atomic E-state index is 0.847. The molecule has 0 aromatic rings. The van der Waals surface area contributed by atoms with Crippen molar-refractivity contribution >= 4 is 0 Å². The quantitative estimate of drug-likeness (QED) is 0.491. The fourth-order valence-electron chi connectivity index (χ4n) is 0.0373. The highest BCUT2D eigenvalue weighted by Crippen LogP contribution is 2.06. The van der Waals surface area contributed by atoms with Gasteiger partial charge in [0, 0.05) is 7.11 Å². The molecule has 0 radical (unpaired) electrons. The van der Waals surface area contributed by atoms with Crippen LogP contribution >= 0.6 is 0 Å². The largest absolute Gasteiger partial charge is 0.354 e. The molecule has 3 nitrogen and oxygen atoms in total. The lowest BCUT2D eigenvalue weighted by Crippen LogP contribution is -2.17. The van der Waals surface area contributed by atoms with Crippen molar-refractivity contribution in [1.29, 1.82) is 0 Å². The van der Waals surface area contributed by atoms with Gasteiger partial charge in [0.15, 0.2) is 5.72 Å². The van der Waals surface area contributed by atoms with Crippen molar-refractivity contribution in [2.45, 2.75) is 19.6 Å². The van der Waals surface area contributed by atoms with E-state index < -0.39 is 5.72 Å². The Morgan fingerprint density at radius 1 is 1.57 bits per heavy atom. The first kappa shape index (κ1) is 6.56. The maximum atomic E-state index is 9.68. The minimum Gasteiger partial charge on any atom is -0.354 e. The molecule has 0 fully saturated rings. The van der Waals surface area contributed by atoms with E-state index in [-0.39, 0.29) is 0 Å². The predicted molar refractivity (Wildman–Crippen MR) is 26.9 cm³/mol. The summed E-state index contributed by atoms with van der Waals surface area (Å²) < 4.78 is 4.61. The molecule has 0 saturated carbocycles. The Morgan fingerprint density at radius 3 is 2.00 bits per heavy atom. The van der Waals surface area contributed by atoms with E-state index >= 15 is 0 Å². The smallest absolute Gasteiger partial charge is 0.193 e. The van der Waals surface area contributed by atoms with Gasteiger partial charge in [-0.3, -0.25) is 0 Å². The van der Waals surface area contributed by atoms with Crippen molar-refractivity contribution in [1.82, 2.24) is 0 Å². The minimum atomic E-state index is -0.847. The molecule has 0 aromatic heterocycles. The zero-order chi connectivity index (χ0) is 5.91. The highest BCUT2D eigenvalue weighted by Gasteiger charge is 2.14. The van der Waals surface area contributed by atoms with E-state index in [4.69, 9.17) is 0 Å². The van der Waals surface area contributed by atoms with Crippen LogP contribution < -0.4 is 0 Å². The molecule has 0 amide bonds. The van der Waals surface area contributed by atoms with Crippen LogP contribution in [0.3, 0.4) is 0 Å². The van der Waals surface area contributed by atoms with Crippen LogP contribution in [0.5, 0.6) is 0 Å². The third-order valence-corrected chi connectivity index (χ3v) is 0.719. The van der Waals surface area contributed by atoms with Crippen LogP contribution in [-0.4, -0.2) is 12.8 Å². The first-order valence-electron chi connectivity index (χ1n) is 2.02. The zero-order valence-electron chi connectivity index (χ0n) is 4.76. The SMILES string of the molecule is COC(C)(C)N=O. The van der Waals surface area contributed by atoms with Gasteiger partial charge in [0.2, 0.25) is 0 Å². The Balaban J connectivity index is 3.58. The monoisotopic (exact) mass is 103 g/mol. The lowest BCUT2D eigenvalue weighted by molar-refractivity contribution is 0.0294. The third-order valence-electron chi connectivity index (χ3n) is 0.719. The third kappa shape index (κ3) is 2.28. The summed E-state index contributed by atoms with van der Waals surface area (Å²) in [4.78, 5) is 9.68. The van der Waals surface area contributed by atoms with Crippen LogP contribution in [0, 0.1) is 4.91 Å². The van der Waals surface area contributed by atoms with Crippen LogP contribution in [0.4, 0.5) is 0 Å². The fourth-order valence-corrected chi connectivity index (χ4v) is 0.0373. The van der Waals surface area contributed by atoms with Gasteiger partial charge in [-0.1, -0.05) is 0 Å². The van der Waals surface area contributed by atoms with Gasteiger partial charge in [0.25, 0.3) is 0 Å². The van der Waals surface area contributed by atoms with Crippen molar-refractivity contribution in [2.75, 3.05) is 7.11 Å². The zero-order valence-corrected chi connectivity index (χ0v) is 4.76. The van der Waals surface area contributed by atoms with E-state index in [2.05, 4.69) is 9.91 Å². The first-order valence-corrected chi connectivity index (χ1v) is 2.02. The first-order chi connectivity index (χ1) is 3.12. The second-order valence-electron chi connectivity index (χ2n) is 1.74. The molecule has 0 aromatic carbocycles. The van der Waals surface area contributed by atoms with Crippen LogP contribution in [0.2, 0.25) is 0 Å². The van der Waals surface area contributed by atoms with Gasteiger partial charge in [0.05, 0.1) is 0 Å². The molecule has 0 rings (SSSR count). The Kier molecular flexibility index (Phi) is 1.90. The van der Waals surface area contributed by atoms with Crippen LogP contribution in [0.25, 0.3) is 0 Å². The summed E-state index contributed by atoms with van der Waals surface area (Å²) in [6.45, 7) is 3.19. The fraction of sp³-hybridized carbons (Fsp3) is 1.00. The molecule has 0 atom stereocenters. The van der Waals surface area contributed by atoms with Crippen LogP contribution in [0.1, 0.15) is 13.8 Å². The molecule has 3 heteroatoms. The summed E-state index contributed by atoms with van der Waals surface area (Å²) in [6, 6.07) is 0. The second kappa shape index (κ2) is 2.02. The van der Waals surface area contributed by atoms with E-state index in [0.717, 1.165) is 0 Å². The predicted octanol–water partition coefficient (Wildman–Crippen LogP) is 1.14. The number of ether oxygens (including phenoxy) is 1. The summed E-state index contributed by atoms with van der Waals surface area (Å²) in [5.74, 6) is 0. The molecule has 0 heterocycles. The number of nitroso groups, excluding NO2 is 1. The van der Waals surface area contributed by atoms with Crippen molar-refractivity contribution in [3.8, 4) is 0 Å².